The smallest absolute Gasteiger partial charge is 0.146 e. The second-order valence-corrected chi connectivity index (χ2v) is 11.2. The van der Waals surface area contributed by atoms with E-state index in [9.17, 15) is 0 Å². The van der Waals surface area contributed by atoms with Crippen LogP contribution < -0.4 is 0 Å². The summed E-state index contributed by atoms with van der Waals surface area (Å²) in [7, 11) is 0. The van der Waals surface area contributed by atoms with E-state index in [1.165, 1.54) is 0 Å². The molecule has 0 aromatic carbocycles. The van der Waals surface area contributed by atoms with E-state index in [1.54, 1.807) is 0 Å². The number of halogens is 4. The van der Waals surface area contributed by atoms with Gasteiger partial charge in [-0.25, -0.2) is 0 Å². The summed E-state index contributed by atoms with van der Waals surface area (Å²) in [4.78, 5) is 0. The van der Waals surface area contributed by atoms with E-state index in [4.69, 9.17) is 33.8 Å². The molecule has 0 aromatic heterocycles. The zero-order valence-corrected chi connectivity index (χ0v) is 11.1. The molecule has 68 valence electrons. The molecule has 0 unspecified atom stereocenters. The predicted molar refractivity (Wildman–Crippen MR) is 60.8 cm³/mol. The number of hydrogen-bond acceptors (Lipinski definition) is 0. The summed E-state index contributed by atoms with van der Waals surface area (Å²) in [6.07, 6.45) is 2.02. The van der Waals surface area contributed by atoms with Crippen molar-refractivity contribution in [2.45, 2.75) is 24.9 Å². The summed E-state index contributed by atoms with van der Waals surface area (Å²) in [5.74, 6) is 0.669. The molecule has 0 aromatic rings. The molecular formula is C6H12BrCl3Si. The van der Waals surface area contributed by atoms with Gasteiger partial charge in [0.25, 0.3) is 6.69 Å². The van der Waals surface area contributed by atoms with Gasteiger partial charge in [0.05, 0.1) is 0 Å². The van der Waals surface area contributed by atoms with Crippen LogP contribution >= 0.6 is 49.7 Å². The van der Waals surface area contributed by atoms with Gasteiger partial charge in [0.2, 0.25) is 0 Å². The molecule has 0 aliphatic rings. The van der Waals surface area contributed by atoms with E-state index in [-0.39, 0.29) is 0 Å². The van der Waals surface area contributed by atoms with Crippen molar-refractivity contribution in [1.29, 1.82) is 0 Å². The van der Waals surface area contributed by atoms with Crippen LogP contribution in [0.25, 0.3) is 0 Å². The summed E-state index contributed by atoms with van der Waals surface area (Å²) in [6, 6.07) is 1.89. The number of hydrogen-bond donors (Lipinski definition) is 0. The Hall–Kier alpha value is 1.57. The predicted octanol–water partition coefficient (Wildman–Crippen LogP) is 4.32. The molecule has 0 N–H and O–H groups in total. The van der Waals surface area contributed by atoms with E-state index in [1.807, 2.05) is 0 Å². The highest BCUT2D eigenvalue weighted by Gasteiger charge is 2.26. The van der Waals surface area contributed by atoms with Gasteiger partial charge in [0.1, 0.15) is 0 Å². The molecule has 0 aliphatic heterocycles. The Morgan fingerprint density at radius 3 is 2.09 bits per heavy atom. The highest BCUT2D eigenvalue weighted by Crippen LogP contribution is 2.28. The molecule has 0 bridgehead atoms. The lowest BCUT2D eigenvalue weighted by atomic mass is 10.6. The zero-order chi connectivity index (χ0) is 8.74. The molecule has 0 heterocycles. The first-order valence-corrected chi connectivity index (χ1v) is 9.71. The van der Waals surface area contributed by atoms with Crippen molar-refractivity contribution in [1.82, 2.24) is 0 Å². The molecular weight excluding hydrogens is 286 g/mol. The molecule has 0 radical (unpaired) electrons. The first-order chi connectivity index (χ1) is 5.12. The summed E-state index contributed by atoms with van der Waals surface area (Å²) in [5.41, 5.74) is 0. The number of alkyl halides is 2. The summed E-state index contributed by atoms with van der Waals surface area (Å²) in [5, 5.41) is 0.988. The Balaban J connectivity index is 3.43. The molecule has 0 saturated carbocycles. The van der Waals surface area contributed by atoms with Gasteiger partial charge < -0.3 is 0 Å². The van der Waals surface area contributed by atoms with Crippen LogP contribution in [0.15, 0.2) is 0 Å². The van der Waals surface area contributed by atoms with Crippen LogP contribution in [-0.2, 0) is 0 Å². The van der Waals surface area contributed by atoms with Crippen molar-refractivity contribution in [3.8, 4) is 0 Å². The lowest BCUT2D eigenvalue weighted by molar-refractivity contribution is 1.03. The molecule has 0 spiro atoms. The average molecular weight is 299 g/mol. The topological polar surface area (TPSA) is 0 Å². The van der Waals surface area contributed by atoms with Crippen LogP contribution in [0.1, 0.15) is 12.8 Å². The average Bonchev–Trinajstić information content (AvgIpc) is 1.97. The van der Waals surface area contributed by atoms with E-state index < -0.39 is 6.69 Å². The third-order valence-electron chi connectivity index (χ3n) is 1.35. The Bertz CT molecular complexity index is 89.8. The van der Waals surface area contributed by atoms with Crippen LogP contribution in [0.3, 0.4) is 0 Å². The Morgan fingerprint density at radius 2 is 1.64 bits per heavy atom. The summed E-state index contributed by atoms with van der Waals surface area (Å²) in [6.45, 7) is -1.92. The largest absolute Gasteiger partial charge is 0.251 e. The van der Waals surface area contributed by atoms with Crippen LogP contribution in [-0.4, -0.2) is 17.9 Å². The lowest BCUT2D eigenvalue weighted by Gasteiger charge is -2.14. The van der Waals surface area contributed by atoms with E-state index in [0.717, 1.165) is 30.3 Å². The van der Waals surface area contributed by atoms with Gasteiger partial charge >= 0.3 is 0 Å². The second-order valence-electron chi connectivity index (χ2n) is 2.44. The maximum atomic E-state index is 6.12. The lowest BCUT2D eigenvalue weighted by Crippen LogP contribution is -2.18. The van der Waals surface area contributed by atoms with Gasteiger partial charge in [-0.1, -0.05) is 15.9 Å². The van der Waals surface area contributed by atoms with Gasteiger partial charge in [0.15, 0.2) is 0 Å². The first kappa shape index (κ1) is 12.6. The minimum atomic E-state index is -1.92. The molecule has 0 aliphatic carbocycles. The van der Waals surface area contributed by atoms with Gasteiger partial charge in [-0.2, -0.15) is 0 Å². The van der Waals surface area contributed by atoms with Gasteiger partial charge in [-0.3, -0.25) is 0 Å². The summed E-state index contributed by atoms with van der Waals surface area (Å²) < 4.78 is 0. The minimum Gasteiger partial charge on any atom is -0.146 e. The zero-order valence-electron chi connectivity index (χ0n) is 6.25. The van der Waals surface area contributed by atoms with Crippen LogP contribution in [0, 0.1) is 0 Å². The third-order valence-corrected chi connectivity index (χ3v) is 6.62. The maximum absolute atomic E-state index is 6.12. The fourth-order valence-electron chi connectivity index (χ4n) is 0.776. The molecule has 0 saturated heterocycles. The van der Waals surface area contributed by atoms with Gasteiger partial charge in [-0.05, 0) is 24.9 Å². The monoisotopic (exact) mass is 296 g/mol. The summed E-state index contributed by atoms with van der Waals surface area (Å²) >= 11 is 21.1. The standard InChI is InChI=1S/C6H12BrCl3Si/c7-3-1-5-11(9,10)6-2-4-8/h1-6H2. The molecule has 0 nitrogen and oxygen atoms in total. The number of rotatable bonds is 6. The first-order valence-electron chi connectivity index (χ1n) is 3.62. The normalized spacial score (nSPS) is 12.0. The maximum Gasteiger partial charge on any atom is 0.251 e. The van der Waals surface area contributed by atoms with Crippen LogP contribution in [0.5, 0.6) is 0 Å². The van der Waals surface area contributed by atoms with E-state index in [0.29, 0.717) is 5.88 Å². The fraction of sp³-hybridized carbons (Fsp3) is 1.00. The van der Waals surface area contributed by atoms with Crippen molar-refractivity contribution in [2.75, 3.05) is 11.2 Å². The minimum absolute atomic E-state index is 0.669. The fourth-order valence-corrected chi connectivity index (χ4v) is 5.17. The van der Waals surface area contributed by atoms with Crippen molar-refractivity contribution in [2.24, 2.45) is 0 Å². The van der Waals surface area contributed by atoms with Crippen molar-refractivity contribution in [3.05, 3.63) is 0 Å². The van der Waals surface area contributed by atoms with Crippen molar-refractivity contribution < 1.29 is 0 Å². The molecule has 0 rings (SSSR count). The Morgan fingerprint density at radius 1 is 1.09 bits per heavy atom. The van der Waals surface area contributed by atoms with Crippen LogP contribution in [0.2, 0.25) is 12.1 Å². The highest BCUT2D eigenvalue weighted by molar-refractivity contribution is 9.09. The Labute approximate surface area is 92.1 Å². The second kappa shape index (κ2) is 7.02. The SMILES string of the molecule is ClCCC[Si](Cl)(Cl)CCCBr. The van der Waals surface area contributed by atoms with Gasteiger partial charge in [-0.15, -0.1) is 33.8 Å². The van der Waals surface area contributed by atoms with Crippen LogP contribution in [0.4, 0.5) is 0 Å². The molecule has 0 fully saturated rings. The molecule has 0 amide bonds. The van der Waals surface area contributed by atoms with Gasteiger partial charge in [0, 0.05) is 11.2 Å². The quantitative estimate of drug-likeness (QED) is 0.389. The van der Waals surface area contributed by atoms with Crippen molar-refractivity contribution in [3.63, 3.8) is 0 Å². The van der Waals surface area contributed by atoms with E-state index >= 15 is 0 Å². The highest BCUT2D eigenvalue weighted by atomic mass is 79.9. The molecule has 0 atom stereocenters. The molecule has 5 heteroatoms. The Kier molecular flexibility index (Phi) is 8.02. The van der Waals surface area contributed by atoms with E-state index in [2.05, 4.69) is 15.9 Å². The van der Waals surface area contributed by atoms with Crippen molar-refractivity contribution >= 4 is 56.4 Å². The molecule has 11 heavy (non-hydrogen) atoms. The third kappa shape index (κ3) is 7.91.